The first-order valence-electron chi connectivity index (χ1n) is 11.2. The number of rotatable bonds is 7. The molecule has 4 aromatic rings. The van der Waals surface area contributed by atoms with Crippen LogP contribution in [-0.4, -0.2) is 40.7 Å². The minimum atomic E-state index is -1.74. The maximum absolute atomic E-state index is 12.6. The zero-order valence-corrected chi connectivity index (χ0v) is 22.0. The van der Waals surface area contributed by atoms with Gasteiger partial charge in [0.2, 0.25) is 0 Å². The molecule has 0 radical (unpaired) electrons. The number of thioether (sulfide) groups is 1. The lowest BCUT2D eigenvalue weighted by atomic mass is 10.1. The molecule has 0 atom stereocenters. The molecule has 0 bridgehead atoms. The molecule has 3 heterocycles. The van der Waals surface area contributed by atoms with Gasteiger partial charge in [-0.25, -0.2) is 9.97 Å². The van der Waals surface area contributed by atoms with Gasteiger partial charge in [-0.1, -0.05) is 38.6 Å². The van der Waals surface area contributed by atoms with Crippen LogP contribution in [0.25, 0.3) is 21.9 Å². The molecule has 0 aliphatic carbocycles. The third-order valence-electron chi connectivity index (χ3n) is 6.61. The van der Waals surface area contributed by atoms with E-state index in [0.717, 1.165) is 35.0 Å². The molecule has 0 spiro atoms. The summed E-state index contributed by atoms with van der Waals surface area (Å²) in [6.07, 6.45) is 4.59. The molecular formula is C25H32N4O2SSi. The Balaban J connectivity index is 1.55. The Labute approximate surface area is 199 Å². The molecule has 33 heavy (non-hydrogen) atoms. The molecule has 0 amide bonds. The van der Waals surface area contributed by atoms with Crippen LogP contribution < -0.4 is 5.56 Å². The van der Waals surface area contributed by atoms with Crippen LogP contribution in [-0.2, 0) is 17.4 Å². The fourth-order valence-corrected chi connectivity index (χ4v) is 4.98. The monoisotopic (exact) mass is 480 g/mol. The summed E-state index contributed by atoms with van der Waals surface area (Å²) in [6, 6.07) is 12.0. The van der Waals surface area contributed by atoms with Crippen molar-refractivity contribution in [2.75, 3.05) is 12.9 Å². The van der Waals surface area contributed by atoms with Gasteiger partial charge in [-0.2, -0.15) is 0 Å². The minimum Gasteiger partial charge on any atom is -0.416 e. The number of benzene rings is 1. The number of H-pyrrole nitrogens is 1. The molecule has 6 nitrogen and oxygen atoms in total. The summed E-state index contributed by atoms with van der Waals surface area (Å²) in [5.74, 6) is 0. The van der Waals surface area contributed by atoms with Gasteiger partial charge < -0.3 is 9.41 Å². The SMILES string of the molecule is CSc1ncc2ccc(=O)n(Cc3cc4cc(CCO[Si](C)(C)C(C)(C)C)ccc4[nH]3)c2n1. The predicted octanol–water partition coefficient (Wildman–Crippen LogP) is 5.61. The first kappa shape index (κ1) is 23.7. The Morgan fingerprint density at radius 2 is 1.91 bits per heavy atom. The quantitative estimate of drug-likeness (QED) is 0.211. The van der Waals surface area contributed by atoms with Crippen LogP contribution in [0, 0.1) is 0 Å². The van der Waals surface area contributed by atoms with Crippen molar-refractivity contribution in [3.05, 3.63) is 64.2 Å². The maximum atomic E-state index is 12.6. The van der Waals surface area contributed by atoms with E-state index < -0.39 is 8.32 Å². The van der Waals surface area contributed by atoms with E-state index in [2.05, 4.69) is 73.1 Å². The summed E-state index contributed by atoms with van der Waals surface area (Å²) < 4.78 is 8.05. The molecule has 0 aliphatic heterocycles. The van der Waals surface area contributed by atoms with Crippen molar-refractivity contribution in [2.24, 2.45) is 0 Å². The number of fused-ring (bicyclic) bond motifs is 2. The second-order valence-electron chi connectivity index (χ2n) is 9.97. The summed E-state index contributed by atoms with van der Waals surface area (Å²) in [5.41, 5.74) is 3.87. The second kappa shape index (κ2) is 9.08. The van der Waals surface area contributed by atoms with E-state index in [9.17, 15) is 4.79 Å². The smallest absolute Gasteiger partial charge is 0.252 e. The van der Waals surface area contributed by atoms with E-state index in [1.165, 1.54) is 17.3 Å². The van der Waals surface area contributed by atoms with Crippen molar-refractivity contribution in [3.63, 3.8) is 0 Å². The van der Waals surface area contributed by atoms with Gasteiger partial charge in [0.1, 0.15) is 5.65 Å². The largest absolute Gasteiger partial charge is 0.416 e. The first-order chi connectivity index (χ1) is 15.6. The topological polar surface area (TPSA) is 72.8 Å². The van der Waals surface area contributed by atoms with Gasteiger partial charge in [0.05, 0.1) is 6.54 Å². The molecule has 0 fully saturated rings. The highest BCUT2D eigenvalue weighted by Crippen LogP contribution is 2.36. The summed E-state index contributed by atoms with van der Waals surface area (Å²) in [7, 11) is -1.74. The van der Waals surface area contributed by atoms with Crippen molar-refractivity contribution in [1.29, 1.82) is 0 Å². The third-order valence-corrected chi connectivity index (χ3v) is 11.7. The fourth-order valence-electron chi connectivity index (χ4n) is 3.60. The highest BCUT2D eigenvalue weighted by Gasteiger charge is 2.36. The normalized spacial score (nSPS) is 12.7. The molecule has 4 rings (SSSR count). The summed E-state index contributed by atoms with van der Waals surface area (Å²) >= 11 is 1.47. The molecule has 1 aromatic carbocycles. The van der Waals surface area contributed by atoms with Crippen LogP contribution in [0.5, 0.6) is 0 Å². The van der Waals surface area contributed by atoms with Gasteiger partial charge in [0, 0.05) is 35.5 Å². The molecule has 8 heteroatoms. The molecule has 0 saturated carbocycles. The van der Waals surface area contributed by atoms with Gasteiger partial charge in [0.25, 0.3) is 5.56 Å². The van der Waals surface area contributed by atoms with Crippen molar-refractivity contribution in [3.8, 4) is 0 Å². The lowest BCUT2D eigenvalue weighted by molar-refractivity contribution is 0.292. The highest BCUT2D eigenvalue weighted by atomic mass is 32.2. The van der Waals surface area contributed by atoms with Crippen molar-refractivity contribution in [2.45, 2.75) is 57.0 Å². The van der Waals surface area contributed by atoms with E-state index >= 15 is 0 Å². The number of pyridine rings is 1. The molecular weight excluding hydrogens is 448 g/mol. The van der Waals surface area contributed by atoms with Crippen LogP contribution in [0.4, 0.5) is 0 Å². The predicted molar refractivity (Wildman–Crippen MR) is 140 cm³/mol. The molecule has 1 N–H and O–H groups in total. The number of aromatic amines is 1. The standard InChI is InChI=1S/C25H32N4O2SSi/c1-25(2,3)33(5,6)31-12-11-17-7-9-21-19(13-17)14-20(27-21)16-29-22(30)10-8-18-15-26-24(32-4)28-23(18)29/h7-10,13-15,27H,11-12,16H2,1-6H3. The molecule has 0 aliphatic rings. The zero-order valence-electron chi connectivity index (χ0n) is 20.2. The van der Waals surface area contributed by atoms with Crippen molar-refractivity contribution in [1.82, 2.24) is 19.5 Å². The molecule has 3 aromatic heterocycles. The van der Waals surface area contributed by atoms with Gasteiger partial charge >= 0.3 is 0 Å². The van der Waals surface area contributed by atoms with Crippen LogP contribution in [0.1, 0.15) is 32.0 Å². The second-order valence-corrected chi connectivity index (χ2v) is 15.6. The molecule has 0 unspecified atom stereocenters. The van der Waals surface area contributed by atoms with Crippen molar-refractivity contribution >= 4 is 42.0 Å². The van der Waals surface area contributed by atoms with E-state index in [-0.39, 0.29) is 10.6 Å². The highest BCUT2D eigenvalue weighted by molar-refractivity contribution is 7.98. The Morgan fingerprint density at radius 3 is 2.64 bits per heavy atom. The van der Waals surface area contributed by atoms with E-state index in [0.29, 0.717) is 17.3 Å². The average Bonchev–Trinajstić information content (AvgIpc) is 3.16. The van der Waals surface area contributed by atoms with Gasteiger partial charge in [0.15, 0.2) is 13.5 Å². The summed E-state index contributed by atoms with van der Waals surface area (Å²) in [6.45, 7) is 12.5. The number of hydrogen-bond donors (Lipinski definition) is 1. The zero-order chi connectivity index (χ0) is 23.8. The number of hydrogen-bond acceptors (Lipinski definition) is 5. The van der Waals surface area contributed by atoms with Crippen molar-refractivity contribution < 1.29 is 4.43 Å². The van der Waals surface area contributed by atoms with E-state index in [1.54, 1.807) is 22.9 Å². The lowest BCUT2D eigenvalue weighted by Gasteiger charge is -2.36. The van der Waals surface area contributed by atoms with Crippen LogP contribution in [0.15, 0.2) is 52.5 Å². The number of aromatic nitrogens is 4. The van der Waals surface area contributed by atoms with Crippen LogP contribution in [0.3, 0.4) is 0 Å². The number of nitrogens with zero attached hydrogens (tertiary/aromatic N) is 3. The lowest BCUT2D eigenvalue weighted by Crippen LogP contribution is -2.41. The Bertz CT molecular complexity index is 1350. The number of nitrogens with one attached hydrogen (secondary N) is 1. The van der Waals surface area contributed by atoms with E-state index in [4.69, 9.17) is 4.43 Å². The summed E-state index contributed by atoms with van der Waals surface area (Å²) in [5, 5.41) is 2.87. The fraction of sp³-hybridized carbons (Fsp3) is 0.400. The Kier molecular flexibility index (Phi) is 6.53. The van der Waals surface area contributed by atoms with Crippen LogP contribution in [0.2, 0.25) is 18.1 Å². The van der Waals surface area contributed by atoms with Gasteiger partial charge in [-0.05, 0) is 66.0 Å². The Hall–Kier alpha value is -2.42. The maximum Gasteiger partial charge on any atom is 0.252 e. The minimum absolute atomic E-state index is 0.0737. The summed E-state index contributed by atoms with van der Waals surface area (Å²) in [4.78, 5) is 25.0. The molecule has 174 valence electrons. The van der Waals surface area contributed by atoms with Crippen LogP contribution >= 0.6 is 11.8 Å². The van der Waals surface area contributed by atoms with Gasteiger partial charge in [-0.3, -0.25) is 9.36 Å². The molecule has 0 saturated heterocycles. The van der Waals surface area contributed by atoms with Gasteiger partial charge in [-0.15, -0.1) is 0 Å². The average molecular weight is 481 g/mol. The third kappa shape index (κ3) is 5.07. The first-order valence-corrected chi connectivity index (χ1v) is 15.4. The van der Waals surface area contributed by atoms with E-state index in [1.807, 2.05) is 6.26 Å². The Morgan fingerprint density at radius 1 is 1.12 bits per heavy atom.